The Balaban J connectivity index is 1.21. The second-order valence-corrected chi connectivity index (χ2v) is 9.00. The third-order valence-corrected chi connectivity index (χ3v) is 6.04. The fraction of sp³-hybridized carbons (Fsp3) is 0.636. The number of rotatable bonds is 6. The van der Waals surface area contributed by atoms with Crippen molar-refractivity contribution in [3.63, 3.8) is 0 Å². The zero-order chi connectivity index (χ0) is 20.4. The molecule has 0 bridgehead atoms. The van der Waals surface area contributed by atoms with Gasteiger partial charge in [-0.1, -0.05) is 18.2 Å². The fourth-order valence-corrected chi connectivity index (χ4v) is 4.45. The SMILES string of the molecule is CC1(C)Cc2cccc(CN3CCC(CNC(=O)CN4CCOC4=O)CC3)c2O1. The van der Waals surface area contributed by atoms with Gasteiger partial charge in [0.25, 0.3) is 0 Å². The Morgan fingerprint density at radius 3 is 2.76 bits per heavy atom. The highest BCUT2D eigenvalue weighted by Crippen LogP contribution is 2.38. The molecular formula is C22H31N3O4. The van der Waals surface area contributed by atoms with Crippen molar-refractivity contribution < 1.29 is 19.1 Å². The predicted molar refractivity (Wildman–Crippen MR) is 109 cm³/mol. The number of hydrogen-bond donors (Lipinski definition) is 1. The van der Waals surface area contributed by atoms with E-state index in [0.717, 1.165) is 44.6 Å². The molecule has 0 radical (unpaired) electrons. The first-order valence-corrected chi connectivity index (χ1v) is 10.6. The van der Waals surface area contributed by atoms with Gasteiger partial charge in [-0.05, 0) is 51.3 Å². The molecule has 3 heterocycles. The molecule has 2 saturated heterocycles. The van der Waals surface area contributed by atoms with Crippen molar-refractivity contribution in [3.8, 4) is 5.75 Å². The van der Waals surface area contributed by atoms with Crippen LogP contribution >= 0.6 is 0 Å². The second-order valence-electron chi connectivity index (χ2n) is 9.00. The summed E-state index contributed by atoms with van der Waals surface area (Å²) in [6.45, 7) is 8.87. The molecule has 1 aromatic carbocycles. The van der Waals surface area contributed by atoms with Crippen LogP contribution in [0.4, 0.5) is 4.79 Å². The Kier molecular flexibility index (Phi) is 5.67. The van der Waals surface area contributed by atoms with Crippen molar-refractivity contribution in [3.05, 3.63) is 29.3 Å². The lowest BCUT2D eigenvalue weighted by atomic mass is 9.96. The summed E-state index contributed by atoms with van der Waals surface area (Å²) in [5.74, 6) is 1.45. The number of carbonyl (C=O) groups is 2. The highest BCUT2D eigenvalue weighted by molar-refractivity contribution is 5.82. The number of likely N-dealkylation sites (tertiary alicyclic amines) is 1. The summed E-state index contributed by atoms with van der Waals surface area (Å²) in [6, 6.07) is 6.48. The number of piperidine rings is 1. The van der Waals surface area contributed by atoms with Crippen molar-refractivity contribution in [1.82, 2.24) is 15.1 Å². The lowest BCUT2D eigenvalue weighted by Crippen LogP contribution is -2.42. The van der Waals surface area contributed by atoms with Crippen molar-refractivity contribution >= 4 is 12.0 Å². The Morgan fingerprint density at radius 1 is 1.24 bits per heavy atom. The van der Waals surface area contributed by atoms with Gasteiger partial charge in [0.1, 0.15) is 24.5 Å². The van der Waals surface area contributed by atoms with E-state index < -0.39 is 6.09 Å². The number of hydrogen-bond acceptors (Lipinski definition) is 5. The van der Waals surface area contributed by atoms with Gasteiger partial charge >= 0.3 is 6.09 Å². The Bertz CT molecular complexity index is 771. The monoisotopic (exact) mass is 401 g/mol. The number of cyclic esters (lactones) is 1. The van der Waals surface area contributed by atoms with Gasteiger partial charge in [-0.2, -0.15) is 0 Å². The molecule has 3 aliphatic heterocycles. The van der Waals surface area contributed by atoms with Crippen LogP contribution in [0.3, 0.4) is 0 Å². The number of benzene rings is 1. The fourth-order valence-electron chi connectivity index (χ4n) is 4.45. The van der Waals surface area contributed by atoms with Gasteiger partial charge in [-0.3, -0.25) is 14.6 Å². The van der Waals surface area contributed by atoms with E-state index in [9.17, 15) is 9.59 Å². The van der Waals surface area contributed by atoms with Crippen LogP contribution < -0.4 is 10.1 Å². The van der Waals surface area contributed by atoms with Gasteiger partial charge in [0.05, 0.1) is 6.54 Å². The number of amides is 2. The van der Waals surface area contributed by atoms with Crippen molar-refractivity contribution in [2.75, 3.05) is 39.3 Å². The molecule has 2 amide bonds. The first-order valence-electron chi connectivity index (χ1n) is 10.6. The molecule has 0 aromatic heterocycles. The largest absolute Gasteiger partial charge is 0.487 e. The maximum absolute atomic E-state index is 12.1. The topological polar surface area (TPSA) is 71.1 Å². The summed E-state index contributed by atoms with van der Waals surface area (Å²) in [6.07, 6.45) is 2.70. The van der Waals surface area contributed by atoms with Crippen molar-refractivity contribution in [2.45, 2.75) is 45.3 Å². The Morgan fingerprint density at radius 2 is 2.03 bits per heavy atom. The van der Waals surface area contributed by atoms with Crippen LogP contribution in [0.5, 0.6) is 5.75 Å². The van der Waals surface area contributed by atoms with Gasteiger partial charge in [0.15, 0.2) is 0 Å². The molecule has 4 rings (SSSR count). The van der Waals surface area contributed by atoms with E-state index in [1.807, 2.05) is 0 Å². The number of carbonyl (C=O) groups excluding carboxylic acids is 2. The maximum atomic E-state index is 12.1. The normalized spacial score (nSPS) is 21.6. The summed E-state index contributed by atoms with van der Waals surface area (Å²) in [5, 5.41) is 2.98. The van der Waals surface area contributed by atoms with Gasteiger partial charge in [0.2, 0.25) is 5.91 Å². The first-order chi connectivity index (χ1) is 13.9. The molecule has 0 spiro atoms. The lowest BCUT2D eigenvalue weighted by Gasteiger charge is -2.32. The van der Waals surface area contributed by atoms with E-state index in [1.54, 1.807) is 0 Å². The zero-order valence-electron chi connectivity index (χ0n) is 17.4. The van der Waals surface area contributed by atoms with Crippen molar-refractivity contribution in [1.29, 1.82) is 0 Å². The standard InChI is InChI=1S/C22H31N3O4/c1-22(2)12-17-4-3-5-18(20(17)29-22)14-24-8-6-16(7-9-24)13-23-19(26)15-25-10-11-28-21(25)27/h3-5,16H,6-15H2,1-2H3,(H,23,26). The second kappa shape index (κ2) is 8.22. The molecule has 7 nitrogen and oxygen atoms in total. The number of ether oxygens (including phenoxy) is 2. The van der Waals surface area contributed by atoms with Gasteiger partial charge in [-0.15, -0.1) is 0 Å². The van der Waals surface area contributed by atoms with Crippen LogP contribution in [0.25, 0.3) is 0 Å². The van der Waals surface area contributed by atoms with Gasteiger partial charge < -0.3 is 14.8 Å². The highest BCUT2D eigenvalue weighted by Gasteiger charge is 2.32. The molecular weight excluding hydrogens is 370 g/mol. The van der Waals surface area contributed by atoms with Crippen LogP contribution in [0.15, 0.2) is 18.2 Å². The van der Waals surface area contributed by atoms with E-state index in [1.165, 1.54) is 16.0 Å². The summed E-state index contributed by atoms with van der Waals surface area (Å²) in [5.41, 5.74) is 2.47. The minimum absolute atomic E-state index is 0.0904. The average molecular weight is 402 g/mol. The Labute approximate surface area is 172 Å². The first kappa shape index (κ1) is 20.0. The van der Waals surface area contributed by atoms with E-state index in [2.05, 4.69) is 42.3 Å². The quantitative estimate of drug-likeness (QED) is 0.791. The summed E-state index contributed by atoms with van der Waals surface area (Å²) >= 11 is 0. The average Bonchev–Trinajstić information content (AvgIpc) is 3.23. The number of fused-ring (bicyclic) bond motifs is 1. The van der Waals surface area contributed by atoms with Crippen molar-refractivity contribution in [2.24, 2.45) is 5.92 Å². The van der Waals surface area contributed by atoms with Crippen LogP contribution in [-0.2, 0) is 22.5 Å². The maximum Gasteiger partial charge on any atom is 0.410 e. The molecule has 0 saturated carbocycles. The summed E-state index contributed by atoms with van der Waals surface area (Å²) < 4.78 is 11.1. The van der Waals surface area contributed by atoms with E-state index in [-0.39, 0.29) is 18.1 Å². The molecule has 158 valence electrons. The highest BCUT2D eigenvalue weighted by atomic mass is 16.6. The van der Waals surface area contributed by atoms with E-state index >= 15 is 0 Å². The number of para-hydroxylation sites is 1. The number of nitrogens with zero attached hydrogens (tertiary/aromatic N) is 2. The van der Waals surface area contributed by atoms with E-state index in [4.69, 9.17) is 9.47 Å². The molecule has 1 N–H and O–H groups in total. The summed E-state index contributed by atoms with van der Waals surface area (Å²) in [4.78, 5) is 27.4. The van der Waals surface area contributed by atoms with Crippen LogP contribution in [0, 0.1) is 5.92 Å². The molecule has 3 aliphatic rings. The minimum atomic E-state index is -0.395. The lowest BCUT2D eigenvalue weighted by molar-refractivity contribution is -0.121. The molecule has 29 heavy (non-hydrogen) atoms. The van der Waals surface area contributed by atoms with E-state index in [0.29, 0.717) is 25.6 Å². The number of nitrogens with one attached hydrogen (secondary N) is 1. The molecule has 7 heteroatoms. The van der Waals surface area contributed by atoms with Crippen LogP contribution in [-0.4, -0.2) is 66.7 Å². The predicted octanol–water partition coefficient (Wildman–Crippen LogP) is 2.18. The molecule has 0 unspecified atom stereocenters. The third kappa shape index (κ3) is 4.83. The third-order valence-electron chi connectivity index (χ3n) is 6.04. The van der Waals surface area contributed by atoms with Crippen LogP contribution in [0.2, 0.25) is 0 Å². The zero-order valence-corrected chi connectivity index (χ0v) is 17.4. The smallest absolute Gasteiger partial charge is 0.410 e. The van der Waals surface area contributed by atoms with Gasteiger partial charge in [-0.25, -0.2) is 4.79 Å². The summed E-state index contributed by atoms with van der Waals surface area (Å²) in [7, 11) is 0. The molecule has 0 aliphatic carbocycles. The molecule has 0 atom stereocenters. The van der Waals surface area contributed by atoms with Crippen LogP contribution in [0.1, 0.15) is 37.8 Å². The molecule has 2 fully saturated rings. The van der Waals surface area contributed by atoms with Gasteiger partial charge in [0, 0.05) is 25.1 Å². The molecule has 1 aromatic rings. The Hall–Kier alpha value is -2.28. The minimum Gasteiger partial charge on any atom is -0.487 e.